The lowest BCUT2D eigenvalue weighted by Crippen LogP contribution is -2.29. The molecule has 0 aliphatic rings. The number of aldehydes is 1. The van der Waals surface area contributed by atoms with Gasteiger partial charge in [-0.2, -0.15) is 0 Å². The summed E-state index contributed by atoms with van der Waals surface area (Å²) in [5.41, 5.74) is 6.41. The van der Waals surface area contributed by atoms with Crippen molar-refractivity contribution in [1.82, 2.24) is 0 Å². The Kier molecular flexibility index (Phi) is 4.12. The molecule has 0 heterocycles. The highest BCUT2D eigenvalue weighted by Crippen LogP contribution is 2.25. The van der Waals surface area contributed by atoms with Crippen LogP contribution >= 0.6 is 0 Å². The number of benzene rings is 1. The van der Waals surface area contributed by atoms with Gasteiger partial charge in [-0.25, -0.2) is 0 Å². The van der Waals surface area contributed by atoms with E-state index in [2.05, 4.69) is 0 Å². The fourth-order valence-corrected chi connectivity index (χ4v) is 1.17. The topological polar surface area (TPSA) is 55.6 Å². The molecule has 0 bridgehead atoms. The number of nitrogens with zero attached hydrogens (tertiary/aromatic N) is 1. The average Bonchev–Trinajstić information content (AvgIpc) is 2.26. The minimum atomic E-state index is -0.569. The van der Waals surface area contributed by atoms with Gasteiger partial charge < -0.3 is 20.2 Å². The van der Waals surface area contributed by atoms with Gasteiger partial charge in [0.2, 0.25) is 0 Å². The van der Waals surface area contributed by atoms with Crippen LogP contribution in [0.25, 0.3) is 0 Å². The highest BCUT2D eigenvalue weighted by atomic mass is 16.5. The van der Waals surface area contributed by atoms with Crippen LogP contribution in [-0.2, 0) is 4.79 Å². The van der Waals surface area contributed by atoms with Gasteiger partial charge in [-0.1, -0.05) is 12.1 Å². The molecule has 0 saturated heterocycles. The van der Waals surface area contributed by atoms with Crippen LogP contribution in [0.4, 0.5) is 5.69 Å². The van der Waals surface area contributed by atoms with Gasteiger partial charge in [0.15, 0.2) is 0 Å². The third-order valence-corrected chi connectivity index (χ3v) is 1.95. The molecule has 0 fully saturated rings. The number of hydrogen-bond donors (Lipinski definition) is 1. The Morgan fingerprint density at radius 3 is 2.73 bits per heavy atom. The molecule has 0 spiro atoms. The van der Waals surface area contributed by atoms with Crippen molar-refractivity contribution >= 4 is 12.0 Å². The predicted molar refractivity (Wildman–Crippen MR) is 60.3 cm³/mol. The molecular formula is C11H16N2O2. The van der Waals surface area contributed by atoms with Crippen molar-refractivity contribution in [2.24, 2.45) is 5.73 Å². The molecule has 0 aliphatic carbocycles. The molecule has 4 nitrogen and oxygen atoms in total. The first-order chi connectivity index (χ1) is 7.15. The van der Waals surface area contributed by atoms with Crippen LogP contribution in [0.5, 0.6) is 5.75 Å². The lowest BCUT2D eigenvalue weighted by Gasteiger charge is -2.18. The minimum Gasteiger partial charge on any atom is -0.489 e. The van der Waals surface area contributed by atoms with E-state index < -0.39 is 6.04 Å². The zero-order valence-corrected chi connectivity index (χ0v) is 9.01. The van der Waals surface area contributed by atoms with Gasteiger partial charge in [-0.3, -0.25) is 0 Å². The Morgan fingerprint density at radius 2 is 2.13 bits per heavy atom. The van der Waals surface area contributed by atoms with Gasteiger partial charge in [0.1, 0.15) is 18.6 Å². The summed E-state index contributed by atoms with van der Waals surface area (Å²) < 4.78 is 5.45. The minimum absolute atomic E-state index is 0.203. The number of carbonyl (C=O) groups excluding carboxylic acids is 1. The van der Waals surface area contributed by atoms with Crippen molar-refractivity contribution in [2.45, 2.75) is 6.04 Å². The van der Waals surface area contributed by atoms with Crippen LogP contribution in [0.3, 0.4) is 0 Å². The maximum atomic E-state index is 10.3. The lowest BCUT2D eigenvalue weighted by atomic mass is 10.3. The summed E-state index contributed by atoms with van der Waals surface area (Å²) in [5, 5.41) is 0. The summed E-state index contributed by atoms with van der Waals surface area (Å²) in [7, 11) is 3.86. The van der Waals surface area contributed by atoms with E-state index >= 15 is 0 Å². The van der Waals surface area contributed by atoms with Crippen LogP contribution in [0.2, 0.25) is 0 Å². The summed E-state index contributed by atoms with van der Waals surface area (Å²) in [4.78, 5) is 12.3. The molecule has 0 unspecified atom stereocenters. The quantitative estimate of drug-likeness (QED) is 0.722. The normalized spacial score (nSPS) is 11.9. The first kappa shape index (κ1) is 11.5. The summed E-state index contributed by atoms with van der Waals surface area (Å²) in [6.07, 6.45) is 0.679. The maximum Gasteiger partial charge on any atom is 0.142 e. The molecule has 1 aromatic rings. The predicted octanol–water partition coefficient (Wildman–Crippen LogP) is 0.658. The van der Waals surface area contributed by atoms with E-state index in [1.807, 2.05) is 43.3 Å². The SMILES string of the molecule is CN(C)c1ccccc1OC[C@H](N)C=O. The first-order valence-electron chi connectivity index (χ1n) is 4.75. The number of ether oxygens (including phenoxy) is 1. The van der Waals surface area contributed by atoms with Crippen molar-refractivity contribution in [1.29, 1.82) is 0 Å². The number of para-hydroxylation sites is 2. The Balaban J connectivity index is 2.71. The van der Waals surface area contributed by atoms with E-state index in [4.69, 9.17) is 10.5 Å². The van der Waals surface area contributed by atoms with Crippen molar-refractivity contribution < 1.29 is 9.53 Å². The summed E-state index contributed by atoms with van der Waals surface area (Å²) >= 11 is 0. The van der Waals surface area contributed by atoms with E-state index in [0.29, 0.717) is 6.29 Å². The Labute approximate surface area is 89.6 Å². The molecule has 0 aliphatic heterocycles. The summed E-state index contributed by atoms with van der Waals surface area (Å²) in [5.74, 6) is 0.736. The third-order valence-electron chi connectivity index (χ3n) is 1.95. The molecule has 4 heteroatoms. The van der Waals surface area contributed by atoms with E-state index in [1.54, 1.807) is 0 Å². The largest absolute Gasteiger partial charge is 0.489 e. The Hall–Kier alpha value is -1.55. The molecule has 1 atom stereocenters. The average molecular weight is 208 g/mol. The van der Waals surface area contributed by atoms with Gasteiger partial charge >= 0.3 is 0 Å². The van der Waals surface area contributed by atoms with Gasteiger partial charge in [0.25, 0.3) is 0 Å². The number of nitrogens with two attached hydrogens (primary N) is 1. The van der Waals surface area contributed by atoms with Gasteiger partial charge in [0.05, 0.1) is 11.7 Å². The molecule has 0 amide bonds. The molecule has 2 N–H and O–H groups in total. The van der Waals surface area contributed by atoms with Gasteiger partial charge in [0, 0.05) is 14.1 Å². The van der Waals surface area contributed by atoms with Crippen molar-refractivity contribution in [3.05, 3.63) is 24.3 Å². The van der Waals surface area contributed by atoms with Crippen LogP contribution < -0.4 is 15.4 Å². The molecular weight excluding hydrogens is 192 g/mol. The van der Waals surface area contributed by atoms with Gasteiger partial charge in [-0.15, -0.1) is 0 Å². The van der Waals surface area contributed by atoms with E-state index in [-0.39, 0.29) is 6.61 Å². The van der Waals surface area contributed by atoms with Crippen molar-refractivity contribution in [3.63, 3.8) is 0 Å². The molecule has 1 rings (SSSR count). The fraction of sp³-hybridized carbons (Fsp3) is 0.364. The fourth-order valence-electron chi connectivity index (χ4n) is 1.17. The second-order valence-electron chi connectivity index (χ2n) is 3.47. The van der Waals surface area contributed by atoms with Gasteiger partial charge in [-0.05, 0) is 12.1 Å². The van der Waals surface area contributed by atoms with E-state index in [9.17, 15) is 4.79 Å². The molecule has 0 saturated carbocycles. The smallest absolute Gasteiger partial charge is 0.142 e. The standard InChI is InChI=1S/C11H16N2O2/c1-13(2)10-5-3-4-6-11(10)15-8-9(12)7-14/h3-7,9H,8,12H2,1-2H3/t9-/m1/s1. The van der Waals surface area contributed by atoms with Crippen LogP contribution in [0.15, 0.2) is 24.3 Å². The van der Waals surface area contributed by atoms with E-state index in [1.165, 1.54) is 0 Å². The monoisotopic (exact) mass is 208 g/mol. The second kappa shape index (κ2) is 5.36. The number of carbonyl (C=O) groups is 1. The molecule has 0 aromatic heterocycles. The lowest BCUT2D eigenvalue weighted by molar-refractivity contribution is -0.109. The first-order valence-corrected chi connectivity index (χ1v) is 4.75. The maximum absolute atomic E-state index is 10.3. The summed E-state index contributed by atoms with van der Waals surface area (Å²) in [6.45, 7) is 0.203. The highest BCUT2D eigenvalue weighted by Gasteiger charge is 2.06. The van der Waals surface area contributed by atoms with Crippen molar-refractivity contribution in [3.8, 4) is 5.75 Å². The zero-order valence-electron chi connectivity index (χ0n) is 9.01. The highest BCUT2D eigenvalue weighted by molar-refractivity contribution is 5.59. The molecule has 0 radical (unpaired) electrons. The zero-order chi connectivity index (χ0) is 11.3. The number of hydrogen-bond acceptors (Lipinski definition) is 4. The third kappa shape index (κ3) is 3.25. The van der Waals surface area contributed by atoms with Crippen LogP contribution in [0.1, 0.15) is 0 Å². The second-order valence-corrected chi connectivity index (χ2v) is 3.47. The molecule has 1 aromatic carbocycles. The van der Waals surface area contributed by atoms with Crippen molar-refractivity contribution in [2.75, 3.05) is 25.6 Å². The van der Waals surface area contributed by atoms with Crippen LogP contribution in [-0.4, -0.2) is 33.0 Å². The Bertz CT molecular complexity index is 326. The Morgan fingerprint density at radius 1 is 1.47 bits per heavy atom. The number of rotatable bonds is 5. The van der Waals surface area contributed by atoms with Crippen LogP contribution in [0, 0.1) is 0 Å². The molecule has 82 valence electrons. The van der Waals surface area contributed by atoms with E-state index in [0.717, 1.165) is 11.4 Å². The molecule has 15 heavy (non-hydrogen) atoms. The summed E-state index contributed by atoms with van der Waals surface area (Å²) in [6, 6.07) is 7.05. The number of anilines is 1.